The summed E-state index contributed by atoms with van der Waals surface area (Å²) in [4.78, 5) is 15.3. The molecule has 0 saturated carbocycles. The summed E-state index contributed by atoms with van der Waals surface area (Å²) in [7, 11) is 0. The Hall–Kier alpha value is -5.97. The molecule has 8 aromatic carbocycles. The molecule has 0 aliphatic rings. The highest BCUT2D eigenvalue weighted by Crippen LogP contribution is 2.37. The molecular weight excluding hydrogens is 591 g/mol. The Kier molecular flexibility index (Phi) is 5.74. The number of thiophene rings is 1. The topological polar surface area (TPSA) is 38.7 Å². The summed E-state index contributed by atoms with van der Waals surface area (Å²) >= 11 is 1.82. The van der Waals surface area contributed by atoms with Gasteiger partial charge in [0, 0.05) is 36.9 Å². The second-order valence-electron chi connectivity index (χ2n) is 12.1. The summed E-state index contributed by atoms with van der Waals surface area (Å²) in [6, 6.07) is 54.0. The van der Waals surface area contributed by atoms with Crippen LogP contribution >= 0.6 is 11.3 Å². The minimum Gasteiger partial charge on any atom is -0.208 e. The van der Waals surface area contributed by atoms with E-state index in [4.69, 9.17) is 15.0 Å². The van der Waals surface area contributed by atoms with Crippen LogP contribution < -0.4 is 0 Å². The van der Waals surface area contributed by atoms with Crippen molar-refractivity contribution in [3.63, 3.8) is 0 Å². The number of hydrogen-bond acceptors (Lipinski definition) is 4. The standard InChI is InChI=1S/C43H25N3S/c1-2-9-28-23-30(14-13-26(28)7-1)41-44-42(46-43(45-41)32-18-22-40-38(25-32)37-11-5-6-12-39(37)47-40)31-17-19-34-29(24-31)16-21-35-33-10-4-3-8-27(33)15-20-36(34)35/h1-25H. The molecule has 0 unspecified atom stereocenters. The van der Waals surface area contributed by atoms with Gasteiger partial charge < -0.3 is 0 Å². The van der Waals surface area contributed by atoms with Crippen molar-refractivity contribution < 1.29 is 0 Å². The SMILES string of the molecule is c1ccc2cc(-c3nc(-c4ccc5c(ccc6c7ccccc7ccc56)c4)nc(-c4ccc5sc6ccccc6c5c4)n3)ccc2c1. The first-order valence-electron chi connectivity index (χ1n) is 15.8. The maximum absolute atomic E-state index is 5.12. The van der Waals surface area contributed by atoms with Crippen molar-refractivity contribution in [2.24, 2.45) is 0 Å². The van der Waals surface area contributed by atoms with Crippen LogP contribution in [0.15, 0.2) is 152 Å². The average molecular weight is 616 g/mol. The molecule has 0 aliphatic heterocycles. The third kappa shape index (κ3) is 4.30. The van der Waals surface area contributed by atoms with Gasteiger partial charge in [-0.25, -0.2) is 15.0 Å². The van der Waals surface area contributed by atoms with E-state index in [1.165, 1.54) is 52.5 Å². The van der Waals surface area contributed by atoms with Crippen molar-refractivity contribution in [2.45, 2.75) is 0 Å². The number of nitrogens with zero attached hydrogens (tertiary/aromatic N) is 3. The van der Waals surface area contributed by atoms with E-state index < -0.39 is 0 Å². The largest absolute Gasteiger partial charge is 0.208 e. The Bertz CT molecular complexity index is 2870. The van der Waals surface area contributed by atoms with Gasteiger partial charge in [0.25, 0.3) is 0 Å². The van der Waals surface area contributed by atoms with E-state index in [9.17, 15) is 0 Å². The second kappa shape index (κ2) is 10.3. The predicted molar refractivity (Wildman–Crippen MR) is 199 cm³/mol. The zero-order valence-electron chi connectivity index (χ0n) is 25.2. The van der Waals surface area contributed by atoms with Gasteiger partial charge in [0.05, 0.1) is 0 Å². The Morgan fingerprint density at radius 1 is 0.298 bits per heavy atom. The summed E-state index contributed by atoms with van der Waals surface area (Å²) in [6.45, 7) is 0. The van der Waals surface area contributed by atoms with Gasteiger partial charge in [0.1, 0.15) is 0 Å². The summed E-state index contributed by atoms with van der Waals surface area (Å²) in [5, 5.41) is 12.2. The summed E-state index contributed by atoms with van der Waals surface area (Å²) in [6.07, 6.45) is 0. The van der Waals surface area contributed by atoms with Crippen LogP contribution in [0.3, 0.4) is 0 Å². The van der Waals surface area contributed by atoms with Crippen LogP contribution in [-0.4, -0.2) is 15.0 Å². The highest BCUT2D eigenvalue weighted by molar-refractivity contribution is 7.25. The number of benzene rings is 8. The Balaban J connectivity index is 1.17. The Morgan fingerprint density at radius 2 is 0.787 bits per heavy atom. The van der Waals surface area contributed by atoms with Gasteiger partial charge in [0.15, 0.2) is 17.5 Å². The van der Waals surface area contributed by atoms with Crippen LogP contribution in [0.2, 0.25) is 0 Å². The van der Waals surface area contributed by atoms with Crippen LogP contribution in [0.25, 0.3) is 97.4 Å². The molecule has 0 fully saturated rings. The van der Waals surface area contributed by atoms with Gasteiger partial charge >= 0.3 is 0 Å². The molecule has 47 heavy (non-hydrogen) atoms. The molecule has 0 spiro atoms. The lowest BCUT2D eigenvalue weighted by Crippen LogP contribution is -2.00. The summed E-state index contributed by atoms with van der Waals surface area (Å²) in [5.41, 5.74) is 2.91. The zero-order valence-corrected chi connectivity index (χ0v) is 26.0. The van der Waals surface area contributed by atoms with Crippen molar-refractivity contribution in [3.8, 4) is 34.2 Å². The monoisotopic (exact) mass is 615 g/mol. The lowest BCUT2D eigenvalue weighted by atomic mass is 9.96. The van der Waals surface area contributed by atoms with Gasteiger partial charge in [-0.3, -0.25) is 0 Å². The lowest BCUT2D eigenvalue weighted by molar-refractivity contribution is 1.08. The third-order valence-corrected chi connectivity index (χ3v) is 10.4. The normalized spacial score (nSPS) is 11.8. The third-order valence-electron chi connectivity index (χ3n) is 9.28. The van der Waals surface area contributed by atoms with Crippen molar-refractivity contribution in [1.29, 1.82) is 0 Å². The van der Waals surface area contributed by atoms with Crippen LogP contribution in [0.1, 0.15) is 0 Å². The van der Waals surface area contributed by atoms with Crippen LogP contribution in [0, 0.1) is 0 Å². The van der Waals surface area contributed by atoms with Crippen molar-refractivity contribution >= 4 is 74.6 Å². The first-order valence-corrected chi connectivity index (χ1v) is 16.6. The second-order valence-corrected chi connectivity index (χ2v) is 13.1. The Morgan fingerprint density at radius 3 is 1.57 bits per heavy atom. The quantitative estimate of drug-likeness (QED) is 0.186. The fourth-order valence-corrected chi connectivity index (χ4v) is 8.01. The van der Waals surface area contributed by atoms with Crippen molar-refractivity contribution in [1.82, 2.24) is 15.0 Å². The van der Waals surface area contributed by atoms with Crippen molar-refractivity contribution in [3.05, 3.63) is 152 Å². The fraction of sp³-hybridized carbons (Fsp3) is 0. The van der Waals surface area contributed by atoms with Gasteiger partial charge in [-0.05, 0) is 79.5 Å². The maximum Gasteiger partial charge on any atom is 0.164 e. The number of aromatic nitrogens is 3. The highest BCUT2D eigenvalue weighted by atomic mass is 32.1. The number of fused-ring (bicyclic) bond motifs is 9. The van der Waals surface area contributed by atoms with Crippen molar-refractivity contribution in [2.75, 3.05) is 0 Å². The molecule has 0 N–H and O–H groups in total. The first-order chi connectivity index (χ1) is 23.2. The van der Waals surface area contributed by atoms with E-state index >= 15 is 0 Å². The van der Waals surface area contributed by atoms with Crippen LogP contribution in [0.5, 0.6) is 0 Å². The molecule has 0 radical (unpaired) electrons. The first kappa shape index (κ1) is 26.3. The molecule has 2 aromatic heterocycles. The fourth-order valence-electron chi connectivity index (χ4n) is 6.92. The smallest absolute Gasteiger partial charge is 0.164 e. The van der Waals surface area contributed by atoms with E-state index in [1.807, 2.05) is 11.3 Å². The molecule has 4 heteroatoms. The lowest BCUT2D eigenvalue weighted by Gasteiger charge is -2.11. The molecule has 0 atom stereocenters. The van der Waals surface area contributed by atoms with E-state index in [1.54, 1.807) is 0 Å². The summed E-state index contributed by atoms with van der Waals surface area (Å²) < 4.78 is 2.54. The minimum absolute atomic E-state index is 0.661. The van der Waals surface area contributed by atoms with E-state index in [2.05, 4.69) is 152 Å². The van der Waals surface area contributed by atoms with Crippen LogP contribution in [-0.2, 0) is 0 Å². The van der Waals surface area contributed by atoms with E-state index in [-0.39, 0.29) is 0 Å². The zero-order chi connectivity index (χ0) is 30.9. The molecule has 0 bridgehead atoms. The van der Waals surface area contributed by atoms with E-state index in [0.29, 0.717) is 17.5 Å². The Labute approximate surface area is 274 Å². The van der Waals surface area contributed by atoms with Gasteiger partial charge in [-0.2, -0.15) is 0 Å². The maximum atomic E-state index is 5.12. The molecular formula is C43H25N3S. The molecule has 2 heterocycles. The molecule has 10 aromatic rings. The molecule has 0 aliphatic carbocycles. The van der Waals surface area contributed by atoms with Gasteiger partial charge in [-0.15, -0.1) is 11.3 Å². The van der Waals surface area contributed by atoms with Gasteiger partial charge in [-0.1, -0.05) is 115 Å². The van der Waals surface area contributed by atoms with Crippen LogP contribution in [0.4, 0.5) is 0 Å². The molecule has 218 valence electrons. The molecule has 0 saturated heterocycles. The molecule has 0 amide bonds. The molecule has 3 nitrogen and oxygen atoms in total. The predicted octanol–water partition coefficient (Wildman–Crippen LogP) is 11.9. The highest BCUT2D eigenvalue weighted by Gasteiger charge is 2.15. The van der Waals surface area contributed by atoms with Gasteiger partial charge in [0.2, 0.25) is 0 Å². The minimum atomic E-state index is 0.661. The van der Waals surface area contributed by atoms with E-state index in [0.717, 1.165) is 27.5 Å². The number of hydrogen-bond donors (Lipinski definition) is 0. The number of rotatable bonds is 3. The average Bonchev–Trinajstić information content (AvgIpc) is 3.52. The molecule has 10 rings (SSSR count). The summed E-state index contributed by atoms with van der Waals surface area (Å²) in [5.74, 6) is 1.99.